The number of carboxylic acids is 1. The molecule has 7 rings (SSSR count). The number of hydrogen-bond donors (Lipinski definition) is 4. The Labute approximate surface area is 390 Å². The Hall–Kier alpha value is -7.41. The van der Waals surface area contributed by atoms with E-state index in [9.17, 15) is 39.5 Å². The number of aromatic nitrogens is 5. The van der Waals surface area contributed by atoms with Crippen molar-refractivity contribution in [2.45, 2.75) is 50.9 Å². The number of para-hydroxylation sites is 1. The van der Waals surface area contributed by atoms with Gasteiger partial charge in [-0.15, -0.1) is 5.10 Å². The van der Waals surface area contributed by atoms with E-state index >= 15 is 0 Å². The molecule has 68 heavy (non-hydrogen) atoms. The van der Waals surface area contributed by atoms with Gasteiger partial charge in [0.15, 0.2) is 11.9 Å². The molecule has 2 aromatic carbocycles. The van der Waals surface area contributed by atoms with Crippen LogP contribution in [0, 0.1) is 10.1 Å². The molecule has 4 atom stereocenters. The standard InChI is InChI=1S/C44H54N12O12/c1-26(54-18-14-50(2)15-19-54)39(58)46-32-9-7-8-29-30(31-12-13-45-42(47-31)48-33-24-53(5)49-40(33)65-6)23-55(38(29)32)43(61)51(3)16-17-52(4)44(62)66-25-27-10-11-35(34(20-27)56(63)64)67-37-22-28(57)21-36(68-37)41(59)60/h7-13,20,23-24,26,28,36-37,57H,14-19,21-22,25H2,1-6H3,(H,46,58)(H,59,60)(H,45,47,48). The summed E-state index contributed by atoms with van der Waals surface area (Å²) in [4.78, 5) is 80.3. The summed E-state index contributed by atoms with van der Waals surface area (Å²) in [5.74, 6) is -1.18. The van der Waals surface area contributed by atoms with Gasteiger partial charge in [-0.2, -0.15) is 0 Å². The fourth-order valence-corrected chi connectivity index (χ4v) is 7.80. The SMILES string of the molecule is COc1nn(C)cc1Nc1nccc(-c2cn(C(=O)N(C)CCN(C)C(=O)OCc3ccc(OC4CC(O)CC(C(=O)O)O4)c([N+](=O)[O-])c3)c3c(NC(=O)C(C)N4CCN(C)CC4)cccc23)n1. The molecule has 4 unspecified atom stereocenters. The number of benzene rings is 2. The van der Waals surface area contributed by atoms with Gasteiger partial charge in [0.1, 0.15) is 12.3 Å². The minimum absolute atomic E-state index is 0.0233. The van der Waals surface area contributed by atoms with E-state index in [4.69, 9.17) is 23.9 Å². The number of nitro benzene ring substituents is 1. The third-order valence-corrected chi connectivity index (χ3v) is 11.7. The molecule has 24 heteroatoms. The molecule has 2 fully saturated rings. The minimum Gasteiger partial charge on any atom is -0.479 e. The number of aryl methyl sites for hydroxylation is 1. The number of aliphatic carboxylic acids is 1. The van der Waals surface area contributed by atoms with Gasteiger partial charge in [0.05, 0.1) is 47.3 Å². The molecule has 2 aliphatic heterocycles. The number of methoxy groups -OCH3 is 1. The summed E-state index contributed by atoms with van der Waals surface area (Å²) < 4.78 is 24.8. The summed E-state index contributed by atoms with van der Waals surface area (Å²) in [6.07, 6.45) is 0.278. The lowest BCUT2D eigenvalue weighted by atomic mass is 10.1. The average Bonchev–Trinajstić information content (AvgIpc) is 3.89. The number of carboxylic acid groups (broad SMARTS) is 1. The van der Waals surface area contributed by atoms with Gasteiger partial charge in [-0.1, -0.05) is 18.2 Å². The lowest BCUT2D eigenvalue weighted by molar-refractivity contribution is -0.386. The number of ether oxygens (including phenoxy) is 4. The number of nitrogens with zero attached hydrogens (tertiary/aromatic N) is 10. The number of carbonyl (C=O) groups is 4. The van der Waals surface area contributed by atoms with E-state index in [1.807, 2.05) is 20.0 Å². The number of nitro groups is 1. The predicted molar refractivity (Wildman–Crippen MR) is 245 cm³/mol. The zero-order valence-corrected chi connectivity index (χ0v) is 38.4. The van der Waals surface area contributed by atoms with Gasteiger partial charge < -0.3 is 54.5 Å². The number of likely N-dealkylation sites (N-methyl/N-ethyl adjacent to an activating group) is 3. The number of aliphatic hydroxyl groups is 1. The van der Waals surface area contributed by atoms with E-state index in [1.165, 1.54) is 40.7 Å². The number of aliphatic hydroxyl groups excluding tert-OH is 1. The molecule has 0 radical (unpaired) electrons. The van der Waals surface area contributed by atoms with Gasteiger partial charge in [-0.05, 0) is 37.7 Å². The number of piperazine rings is 1. The largest absolute Gasteiger partial charge is 0.479 e. The first-order valence-corrected chi connectivity index (χ1v) is 21.7. The normalized spacial score (nSPS) is 18.1. The first-order valence-electron chi connectivity index (χ1n) is 21.7. The molecule has 24 nitrogen and oxygen atoms in total. The van der Waals surface area contributed by atoms with Crippen LogP contribution in [0.2, 0.25) is 0 Å². The summed E-state index contributed by atoms with van der Waals surface area (Å²) >= 11 is 0. The van der Waals surface area contributed by atoms with Gasteiger partial charge in [0.25, 0.3) is 5.88 Å². The molecule has 0 spiro atoms. The van der Waals surface area contributed by atoms with E-state index in [0.29, 0.717) is 39.4 Å². The molecule has 0 bridgehead atoms. The molecule has 0 saturated carbocycles. The van der Waals surface area contributed by atoms with Crippen molar-refractivity contribution in [1.82, 2.24) is 43.9 Å². The van der Waals surface area contributed by atoms with Crippen LogP contribution in [0.25, 0.3) is 22.2 Å². The van der Waals surface area contributed by atoms with Crippen LogP contribution in [0.4, 0.5) is 32.6 Å². The van der Waals surface area contributed by atoms with Crippen molar-refractivity contribution in [3.63, 3.8) is 0 Å². The van der Waals surface area contributed by atoms with Crippen molar-refractivity contribution in [3.8, 4) is 22.9 Å². The number of carbonyl (C=O) groups excluding carboxylic acids is 3. The van der Waals surface area contributed by atoms with Gasteiger partial charge in [-0.3, -0.25) is 29.1 Å². The van der Waals surface area contributed by atoms with Gasteiger partial charge in [0.2, 0.25) is 18.1 Å². The highest BCUT2D eigenvalue weighted by atomic mass is 16.7. The highest BCUT2D eigenvalue weighted by Gasteiger charge is 2.35. The molecule has 4 N–H and O–H groups in total. The molecule has 0 aliphatic carbocycles. The van der Waals surface area contributed by atoms with E-state index in [0.717, 1.165) is 32.2 Å². The topological polar surface area (TPSA) is 274 Å². The molecule has 2 saturated heterocycles. The quantitative estimate of drug-likeness (QED) is 0.0813. The monoisotopic (exact) mass is 942 g/mol. The number of fused-ring (bicyclic) bond motifs is 1. The second-order valence-electron chi connectivity index (χ2n) is 16.6. The minimum atomic E-state index is -1.34. The molecule has 362 valence electrons. The van der Waals surface area contributed by atoms with Crippen LogP contribution in [-0.4, -0.2) is 175 Å². The Morgan fingerprint density at radius 2 is 1.76 bits per heavy atom. The van der Waals surface area contributed by atoms with Crippen molar-refractivity contribution in [3.05, 3.63) is 76.7 Å². The second kappa shape index (κ2) is 21.0. The van der Waals surface area contributed by atoms with Crippen molar-refractivity contribution in [2.75, 3.05) is 78.2 Å². The second-order valence-corrected chi connectivity index (χ2v) is 16.6. The Kier molecular flexibility index (Phi) is 15.0. The summed E-state index contributed by atoms with van der Waals surface area (Å²) in [7, 11) is 8.34. The zero-order chi connectivity index (χ0) is 48.8. The van der Waals surface area contributed by atoms with Crippen LogP contribution in [0.1, 0.15) is 25.3 Å². The molecule has 5 aromatic rings. The fraction of sp³-hybridized carbons (Fsp3) is 0.432. The highest BCUT2D eigenvalue weighted by Crippen LogP contribution is 2.36. The van der Waals surface area contributed by atoms with Crippen molar-refractivity contribution >= 4 is 57.9 Å². The van der Waals surface area contributed by atoms with Crippen LogP contribution in [0.5, 0.6) is 11.6 Å². The number of amides is 3. The number of hydrogen-bond acceptors (Lipinski definition) is 17. The van der Waals surface area contributed by atoms with E-state index in [2.05, 4.69) is 30.5 Å². The summed E-state index contributed by atoms with van der Waals surface area (Å²) in [5, 5.41) is 42.5. The maximum absolute atomic E-state index is 14.5. The summed E-state index contributed by atoms with van der Waals surface area (Å²) in [5.41, 5.74) is 2.18. The molecule has 2 aliphatic rings. The maximum atomic E-state index is 14.5. The highest BCUT2D eigenvalue weighted by molar-refractivity contribution is 6.10. The van der Waals surface area contributed by atoms with Crippen LogP contribution < -0.4 is 20.1 Å². The first-order chi connectivity index (χ1) is 32.5. The Morgan fingerprint density at radius 1 is 1.01 bits per heavy atom. The molecular weight excluding hydrogens is 889 g/mol. The molecular formula is C44H54N12O12. The zero-order valence-electron chi connectivity index (χ0n) is 38.4. The van der Waals surface area contributed by atoms with Gasteiger partial charge in [-0.25, -0.2) is 24.4 Å². The van der Waals surface area contributed by atoms with E-state index in [1.54, 1.807) is 55.6 Å². The Morgan fingerprint density at radius 3 is 2.49 bits per heavy atom. The number of rotatable bonds is 16. The van der Waals surface area contributed by atoms with E-state index < -0.39 is 53.2 Å². The van der Waals surface area contributed by atoms with E-state index in [-0.39, 0.29) is 55.7 Å². The van der Waals surface area contributed by atoms with Crippen molar-refractivity contribution in [2.24, 2.45) is 7.05 Å². The molecule has 5 heterocycles. The van der Waals surface area contributed by atoms with Crippen molar-refractivity contribution in [1.29, 1.82) is 0 Å². The number of nitrogens with one attached hydrogen (secondary N) is 2. The van der Waals surface area contributed by atoms with Crippen molar-refractivity contribution < 1.29 is 53.3 Å². The summed E-state index contributed by atoms with van der Waals surface area (Å²) in [6.45, 7) is 4.68. The van der Waals surface area contributed by atoms with Crippen LogP contribution in [-0.2, 0) is 32.7 Å². The third-order valence-electron chi connectivity index (χ3n) is 11.7. The van der Waals surface area contributed by atoms with Crippen LogP contribution >= 0.6 is 0 Å². The third kappa shape index (κ3) is 11.2. The fourth-order valence-electron chi connectivity index (χ4n) is 7.80. The van der Waals surface area contributed by atoms with Crippen LogP contribution in [0.15, 0.2) is 61.1 Å². The lowest BCUT2D eigenvalue weighted by Gasteiger charge is -2.35. The Bertz CT molecular complexity index is 2670. The molecule has 3 amide bonds. The first kappa shape index (κ1) is 48.5. The Balaban J connectivity index is 1.06. The lowest BCUT2D eigenvalue weighted by Crippen LogP contribution is -2.51. The average molecular weight is 943 g/mol. The summed E-state index contributed by atoms with van der Waals surface area (Å²) in [6, 6.07) is 9.99. The van der Waals surface area contributed by atoms with Gasteiger partial charge >= 0.3 is 23.8 Å². The van der Waals surface area contributed by atoms with Crippen LogP contribution in [0.3, 0.4) is 0 Å². The smallest absolute Gasteiger partial charge is 0.409 e. The predicted octanol–water partition coefficient (Wildman–Crippen LogP) is 3.56. The number of anilines is 3. The molecule has 3 aromatic heterocycles. The maximum Gasteiger partial charge on any atom is 0.409 e. The van der Waals surface area contributed by atoms with Gasteiger partial charge in [0, 0.05) is 103 Å².